The number of nitrogens with two attached hydrogens (primary N) is 1. The van der Waals surface area contributed by atoms with Crippen molar-refractivity contribution in [2.45, 2.75) is 123 Å². The van der Waals surface area contributed by atoms with E-state index in [4.69, 9.17) is 18.1 Å². The van der Waals surface area contributed by atoms with Crippen LogP contribution in [0, 0.1) is 0 Å². The summed E-state index contributed by atoms with van der Waals surface area (Å²) in [5, 5.41) is 0. The van der Waals surface area contributed by atoms with E-state index in [1.165, 1.54) is 0 Å². The zero-order valence-corrected chi connectivity index (χ0v) is 26.2. The first-order valence-electron chi connectivity index (χ1n) is 12.2. The lowest BCUT2D eigenvalue weighted by molar-refractivity contribution is -0.114. The zero-order valence-electron chi connectivity index (χ0n) is 22.2. The Morgan fingerprint density at radius 2 is 1.10 bits per heavy atom. The molecule has 0 aliphatic rings. The van der Waals surface area contributed by atoms with Gasteiger partial charge in [0.05, 0.1) is 0 Å². The number of rotatable bonds is 17. The Bertz CT molecular complexity index is 530. The molecule has 0 fully saturated rings. The van der Waals surface area contributed by atoms with Crippen LogP contribution in [-0.2, 0) is 17.1 Å². The van der Waals surface area contributed by atoms with Crippen molar-refractivity contribution in [1.82, 2.24) is 0 Å². The summed E-state index contributed by atoms with van der Waals surface area (Å²) in [5.41, 5.74) is 6.02. The van der Waals surface area contributed by atoms with Crippen LogP contribution in [0.4, 0.5) is 0 Å². The Morgan fingerprint density at radius 1 is 0.742 bits per heavy atom. The van der Waals surface area contributed by atoms with Gasteiger partial charge in [0.1, 0.15) is 0 Å². The smallest absolute Gasteiger partial charge is 0.417 e. The van der Waals surface area contributed by atoms with Gasteiger partial charge in [0.2, 0.25) is 5.91 Å². The van der Waals surface area contributed by atoms with Crippen molar-refractivity contribution in [3.05, 3.63) is 11.6 Å². The molecule has 0 aliphatic carbocycles. The Labute approximate surface area is 197 Å². The predicted octanol–water partition coefficient (Wildman–Crippen LogP) is 7.03. The second-order valence-electron chi connectivity index (χ2n) is 10.7. The van der Waals surface area contributed by atoms with Gasteiger partial charge >= 0.3 is 8.80 Å². The molecule has 2 N–H and O–H groups in total. The third-order valence-corrected chi connectivity index (χ3v) is 21.8. The fourth-order valence-corrected chi connectivity index (χ4v) is 22.6. The first-order valence-corrected chi connectivity index (χ1v) is 23.5. The van der Waals surface area contributed by atoms with E-state index < -0.39 is 33.8 Å². The molecule has 9 heteroatoms. The number of primary amides is 1. The molecule has 0 aromatic rings. The lowest BCUT2D eigenvalue weighted by atomic mass is 10.2. The largest absolute Gasteiger partial charge is 0.469 e. The molecule has 0 aromatic heterocycles. The van der Waals surface area contributed by atoms with E-state index >= 15 is 0 Å². The highest BCUT2D eigenvalue weighted by atomic mass is 28.5. The average Bonchev–Trinajstić information content (AvgIpc) is 2.56. The van der Waals surface area contributed by atoms with Crippen molar-refractivity contribution in [3.63, 3.8) is 0 Å². The summed E-state index contributed by atoms with van der Waals surface area (Å²) in [6.07, 6.45) is 6.99. The molecule has 0 spiro atoms. The number of allylic oxidation sites excluding steroid dienone is 1. The monoisotopic (exact) mass is 505 g/mol. The second kappa shape index (κ2) is 13.6. The number of hydrogen-bond acceptors (Lipinski definition) is 4. The first-order chi connectivity index (χ1) is 14.1. The van der Waals surface area contributed by atoms with Gasteiger partial charge in [-0.25, -0.2) is 0 Å². The molecule has 0 bridgehead atoms. The highest BCUT2D eigenvalue weighted by Gasteiger charge is 2.51. The summed E-state index contributed by atoms with van der Waals surface area (Å²) in [6, 6.07) is 4.15. The molecule has 0 atom stereocenters. The maximum atomic E-state index is 11.4. The van der Waals surface area contributed by atoms with Gasteiger partial charge < -0.3 is 18.1 Å². The molecule has 31 heavy (non-hydrogen) atoms. The number of carbonyl (C=O) groups excluding carboxylic acids is 1. The minimum Gasteiger partial charge on any atom is -0.417 e. The van der Waals surface area contributed by atoms with Crippen LogP contribution in [0.25, 0.3) is 0 Å². The van der Waals surface area contributed by atoms with Crippen LogP contribution in [0.15, 0.2) is 11.6 Å². The summed E-state index contributed by atoms with van der Waals surface area (Å²) in [5.74, 6) is -0.350. The van der Waals surface area contributed by atoms with Crippen LogP contribution >= 0.6 is 0 Å². The van der Waals surface area contributed by atoms with Crippen LogP contribution in [0.1, 0.15) is 59.8 Å². The van der Waals surface area contributed by atoms with Crippen molar-refractivity contribution in [3.8, 4) is 0 Å². The minimum atomic E-state index is -2.87. The fourth-order valence-electron chi connectivity index (χ4n) is 4.18. The van der Waals surface area contributed by atoms with Gasteiger partial charge in [0.25, 0.3) is 0 Å². The van der Waals surface area contributed by atoms with E-state index in [2.05, 4.69) is 60.1 Å². The first kappa shape index (κ1) is 31.0. The number of hydrogen-bond donors (Lipinski definition) is 1. The number of amides is 1. The van der Waals surface area contributed by atoms with Gasteiger partial charge in [0, 0.05) is 11.6 Å². The third kappa shape index (κ3) is 13.3. The summed E-state index contributed by atoms with van der Waals surface area (Å²) >= 11 is 0. The van der Waals surface area contributed by atoms with Gasteiger partial charge in [-0.2, -0.15) is 0 Å². The average molecular weight is 506 g/mol. The van der Waals surface area contributed by atoms with Crippen molar-refractivity contribution < 1.29 is 17.1 Å². The molecule has 0 rings (SSSR count). The quantitative estimate of drug-likeness (QED) is 0.131. The molecule has 0 aromatic carbocycles. The number of unbranched alkanes of at least 4 members (excludes halogenated alkanes) is 1. The lowest BCUT2D eigenvalue weighted by Gasteiger charge is -2.45. The molecule has 184 valence electrons. The van der Waals surface area contributed by atoms with E-state index in [-0.39, 0.29) is 5.91 Å². The van der Waals surface area contributed by atoms with E-state index in [0.29, 0.717) is 5.57 Å². The summed E-state index contributed by atoms with van der Waals surface area (Å²) in [4.78, 5) is 11.4. The van der Waals surface area contributed by atoms with Gasteiger partial charge in [0.15, 0.2) is 25.0 Å². The molecule has 0 radical (unpaired) electrons. The molecule has 5 nitrogen and oxygen atoms in total. The van der Waals surface area contributed by atoms with Crippen LogP contribution in [0.5, 0.6) is 0 Å². The maximum Gasteiger partial charge on any atom is 0.469 e. The lowest BCUT2D eigenvalue weighted by Crippen LogP contribution is -2.61. The topological polar surface area (TPSA) is 70.8 Å². The summed E-state index contributed by atoms with van der Waals surface area (Å²) in [6.45, 7) is 22.3. The highest BCUT2D eigenvalue weighted by molar-refractivity contribution is 6.90. The normalized spacial score (nSPS) is 14.2. The van der Waals surface area contributed by atoms with Crippen LogP contribution in [0.3, 0.4) is 0 Å². The Morgan fingerprint density at radius 3 is 1.39 bits per heavy atom. The van der Waals surface area contributed by atoms with Crippen LogP contribution in [-0.4, -0.2) is 39.7 Å². The van der Waals surface area contributed by atoms with Crippen molar-refractivity contribution in [2.75, 3.05) is 0 Å². The number of carbonyl (C=O) groups is 1. The molecule has 0 saturated heterocycles. The van der Waals surface area contributed by atoms with E-state index in [1.54, 1.807) is 6.92 Å². The van der Waals surface area contributed by atoms with Crippen LogP contribution < -0.4 is 5.73 Å². The van der Waals surface area contributed by atoms with E-state index in [9.17, 15) is 4.79 Å². The van der Waals surface area contributed by atoms with Crippen molar-refractivity contribution in [1.29, 1.82) is 0 Å². The predicted molar refractivity (Wildman–Crippen MR) is 144 cm³/mol. The highest BCUT2D eigenvalue weighted by Crippen LogP contribution is 2.34. The van der Waals surface area contributed by atoms with Gasteiger partial charge in [-0.3, -0.25) is 4.79 Å². The fraction of sp³-hybridized carbons (Fsp3) is 0.864. The standard InChI is InChI=1S/C22H51NO4Si4/c1-11-17-28(5,6)25-31(26-29(7,8)18-12-2,27-30(9,10)19-13-3)20-15-14-16-21(4)22(23)24/h16H,11-15,17-20H2,1-10H3,(H2,23,24). The molecule has 0 aliphatic heterocycles. The van der Waals surface area contributed by atoms with Crippen molar-refractivity contribution >= 4 is 39.7 Å². The minimum absolute atomic E-state index is 0.350. The summed E-state index contributed by atoms with van der Waals surface area (Å²) in [7, 11) is -8.63. The van der Waals surface area contributed by atoms with Crippen molar-refractivity contribution in [2.24, 2.45) is 5.73 Å². The molecule has 0 unspecified atom stereocenters. The molecular weight excluding hydrogens is 455 g/mol. The van der Waals surface area contributed by atoms with E-state index in [1.807, 2.05) is 6.08 Å². The SMILES string of the molecule is CCC[Si](C)(C)O[Si](CCCC=C(C)C(N)=O)(O[Si](C)(C)CCC)O[Si](C)(C)CCC. The zero-order chi connectivity index (χ0) is 24.3. The third-order valence-electron chi connectivity index (χ3n) is 5.38. The van der Waals surface area contributed by atoms with Gasteiger partial charge in [-0.1, -0.05) is 46.1 Å². The Hall–Kier alpha value is -0.0425. The van der Waals surface area contributed by atoms with Gasteiger partial charge in [-0.15, -0.1) is 0 Å². The molecular formula is C22H51NO4Si4. The summed E-state index contributed by atoms with van der Waals surface area (Å²) < 4.78 is 21.2. The molecule has 0 saturated carbocycles. The van der Waals surface area contributed by atoms with Crippen LogP contribution in [0.2, 0.25) is 63.5 Å². The second-order valence-corrected chi connectivity index (χ2v) is 27.0. The molecule has 1 amide bonds. The Kier molecular flexibility index (Phi) is 13.6. The Balaban J connectivity index is 6.01. The van der Waals surface area contributed by atoms with Gasteiger partial charge in [-0.05, 0) is 77.2 Å². The van der Waals surface area contributed by atoms with E-state index in [0.717, 1.165) is 56.3 Å². The maximum absolute atomic E-state index is 11.4. The molecule has 0 heterocycles.